The van der Waals surface area contributed by atoms with Gasteiger partial charge in [0.1, 0.15) is 17.6 Å². The standard InChI is InChI=1S/C9H8O7S/c10-9(11)7-5-6(17(13)14)1-2-8(7)15-3-4-16-12/h1-5,12H,(H,10,11)(H,13,14). The Bertz CT molecular complexity index is 468. The summed E-state index contributed by atoms with van der Waals surface area (Å²) in [6, 6.07) is 3.47. The molecule has 0 saturated heterocycles. The van der Waals surface area contributed by atoms with Gasteiger partial charge in [-0.1, -0.05) is 0 Å². The lowest BCUT2D eigenvalue weighted by Crippen LogP contribution is -2.02. The maximum absolute atomic E-state index is 10.9. The van der Waals surface area contributed by atoms with E-state index in [-0.39, 0.29) is 16.2 Å². The van der Waals surface area contributed by atoms with Crippen molar-refractivity contribution in [3.8, 4) is 5.75 Å². The van der Waals surface area contributed by atoms with Gasteiger partial charge in [0.05, 0.1) is 4.90 Å². The predicted octanol–water partition coefficient (Wildman–Crippen LogP) is 1.30. The molecule has 0 aromatic heterocycles. The normalized spacial score (nSPS) is 12.4. The monoisotopic (exact) mass is 260 g/mol. The molecule has 0 bridgehead atoms. The summed E-state index contributed by atoms with van der Waals surface area (Å²) in [5.74, 6) is -1.37. The maximum Gasteiger partial charge on any atom is 0.339 e. The molecule has 17 heavy (non-hydrogen) atoms. The van der Waals surface area contributed by atoms with Crippen molar-refractivity contribution in [2.24, 2.45) is 0 Å². The Morgan fingerprint density at radius 1 is 1.35 bits per heavy atom. The molecule has 1 atom stereocenters. The number of carboxylic acids is 1. The highest BCUT2D eigenvalue weighted by molar-refractivity contribution is 7.79. The lowest BCUT2D eigenvalue weighted by atomic mass is 10.2. The number of ether oxygens (including phenoxy) is 1. The van der Waals surface area contributed by atoms with Gasteiger partial charge < -0.3 is 19.3 Å². The zero-order valence-corrected chi connectivity index (χ0v) is 9.09. The Morgan fingerprint density at radius 3 is 2.59 bits per heavy atom. The number of benzene rings is 1. The molecule has 1 unspecified atom stereocenters. The molecule has 1 aromatic rings. The molecular weight excluding hydrogens is 252 g/mol. The first-order valence-corrected chi connectivity index (χ1v) is 5.27. The number of aromatic carboxylic acids is 1. The van der Waals surface area contributed by atoms with E-state index in [9.17, 15) is 9.00 Å². The van der Waals surface area contributed by atoms with Crippen LogP contribution in [0.2, 0.25) is 0 Å². The fourth-order valence-electron chi connectivity index (χ4n) is 1.01. The SMILES string of the molecule is O=C(O)c1cc(S(=O)O)ccc1OC=COO. The third-order valence-corrected chi connectivity index (χ3v) is 2.35. The van der Waals surface area contributed by atoms with Crippen LogP contribution >= 0.6 is 0 Å². The second-order valence-corrected chi connectivity index (χ2v) is 3.68. The number of carbonyl (C=O) groups is 1. The molecule has 0 aliphatic carbocycles. The summed E-state index contributed by atoms with van der Waals surface area (Å²) >= 11 is -2.27. The van der Waals surface area contributed by atoms with Gasteiger partial charge in [-0.25, -0.2) is 14.3 Å². The molecule has 0 aliphatic rings. The quantitative estimate of drug-likeness (QED) is 0.316. The Kier molecular flexibility index (Phi) is 4.64. The molecule has 92 valence electrons. The summed E-state index contributed by atoms with van der Waals surface area (Å²) in [7, 11) is 0. The van der Waals surface area contributed by atoms with Crippen molar-refractivity contribution in [2.45, 2.75) is 4.90 Å². The number of hydrogen-bond donors (Lipinski definition) is 3. The van der Waals surface area contributed by atoms with Crippen LogP contribution in [0.4, 0.5) is 0 Å². The summed E-state index contributed by atoms with van der Waals surface area (Å²) < 4.78 is 24.4. The molecule has 0 spiro atoms. The van der Waals surface area contributed by atoms with Crippen molar-refractivity contribution in [1.29, 1.82) is 0 Å². The molecule has 0 amide bonds. The molecule has 8 heteroatoms. The van der Waals surface area contributed by atoms with Gasteiger partial charge >= 0.3 is 5.97 Å². The average molecular weight is 260 g/mol. The van der Waals surface area contributed by atoms with E-state index in [1.165, 1.54) is 12.1 Å². The molecule has 0 aliphatic heterocycles. The summed E-state index contributed by atoms with van der Waals surface area (Å²) in [5.41, 5.74) is -0.285. The molecule has 1 rings (SSSR count). The van der Waals surface area contributed by atoms with E-state index in [0.29, 0.717) is 0 Å². The first-order valence-electron chi connectivity index (χ1n) is 4.16. The third kappa shape index (κ3) is 3.55. The first-order chi connectivity index (χ1) is 8.06. The Hall–Kier alpha value is -1.90. The van der Waals surface area contributed by atoms with Crippen molar-refractivity contribution in [1.82, 2.24) is 0 Å². The molecule has 0 heterocycles. The van der Waals surface area contributed by atoms with E-state index in [0.717, 1.165) is 18.6 Å². The molecule has 0 fully saturated rings. The minimum absolute atomic E-state index is 0.0556. The van der Waals surface area contributed by atoms with E-state index >= 15 is 0 Å². The molecule has 7 nitrogen and oxygen atoms in total. The zero-order chi connectivity index (χ0) is 12.8. The highest BCUT2D eigenvalue weighted by Crippen LogP contribution is 2.22. The van der Waals surface area contributed by atoms with Crippen LogP contribution in [0.1, 0.15) is 10.4 Å². The minimum Gasteiger partial charge on any atom is -0.478 e. The Morgan fingerprint density at radius 2 is 2.06 bits per heavy atom. The van der Waals surface area contributed by atoms with Gasteiger partial charge in [-0.2, -0.15) is 0 Å². The van der Waals surface area contributed by atoms with Gasteiger partial charge in [0, 0.05) is 0 Å². The first kappa shape index (κ1) is 13.2. The zero-order valence-electron chi connectivity index (χ0n) is 8.27. The topological polar surface area (TPSA) is 113 Å². The number of rotatable bonds is 5. The minimum atomic E-state index is -2.27. The summed E-state index contributed by atoms with van der Waals surface area (Å²) in [4.78, 5) is 14.4. The van der Waals surface area contributed by atoms with Gasteiger partial charge in [-0.05, 0) is 18.2 Å². The van der Waals surface area contributed by atoms with Crippen LogP contribution in [0.3, 0.4) is 0 Å². The van der Waals surface area contributed by atoms with Gasteiger partial charge in [0.2, 0.25) is 0 Å². The summed E-state index contributed by atoms with van der Waals surface area (Å²) in [6.07, 6.45) is 1.70. The van der Waals surface area contributed by atoms with Crippen LogP contribution < -0.4 is 4.74 Å². The van der Waals surface area contributed by atoms with Crippen LogP contribution in [-0.4, -0.2) is 25.1 Å². The maximum atomic E-state index is 10.9. The van der Waals surface area contributed by atoms with E-state index < -0.39 is 17.0 Å². The van der Waals surface area contributed by atoms with Gasteiger partial charge in [-0.15, -0.1) is 0 Å². The Labute approximate surface area is 98.1 Å². The van der Waals surface area contributed by atoms with Crippen molar-refractivity contribution >= 4 is 17.0 Å². The summed E-state index contributed by atoms with van der Waals surface area (Å²) in [5, 5.41) is 16.8. The lowest BCUT2D eigenvalue weighted by molar-refractivity contribution is -0.187. The predicted molar refractivity (Wildman–Crippen MR) is 55.9 cm³/mol. The van der Waals surface area contributed by atoms with E-state index in [1.54, 1.807) is 0 Å². The molecular formula is C9H8O7S. The summed E-state index contributed by atoms with van der Waals surface area (Å²) in [6.45, 7) is 0. The highest BCUT2D eigenvalue weighted by Gasteiger charge is 2.13. The van der Waals surface area contributed by atoms with Gasteiger partial charge in [-0.3, -0.25) is 0 Å². The van der Waals surface area contributed by atoms with Crippen LogP contribution in [0.5, 0.6) is 5.75 Å². The second-order valence-electron chi connectivity index (χ2n) is 2.71. The fourth-order valence-corrected chi connectivity index (χ4v) is 1.42. The van der Waals surface area contributed by atoms with Crippen molar-refractivity contribution in [3.63, 3.8) is 0 Å². The fraction of sp³-hybridized carbons (Fsp3) is 0. The number of hydrogen-bond acceptors (Lipinski definition) is 5. The van der Waals surface area contributed by atoms with Gasteiger partial charge in [0.25, 0.3) is 0 Å². The average Bonchev–Trinajstić information content (AvgIpc) is 2.29. The van der Waals surface area contributed by atoms with Crippen molar-refractivity contribution in [2.75, 3.05) is 0 Å². The highest BCUT2D eigenvalue weighted by atomic mass is 32.2. The lowest BCUT2D eigenvalue weighted by Gasteiger charge is -2.05. The molecule has 0 radical (unpaired) electrons. The van der Waals surface area contributed by atoms with Crippen LogP contribution in [-0.2, 0) is 16.0 Å². The van der Waals surface area contributed by atoms with E-state index in [1.807, 2.05) is 0 Å². The van der Waals surface area contributed by atoms with Crippen LogP contribution in [0.25, 0.3) is 0 Å². The third-order valence-electron chi connectivity index (χ3n) is 1.69. The van der Waals surface area contributed by atoms with E-state index in [2.05, 4.69) is 4.89 Å². The van der Waals surface area contributed by atoms with Crippen LogP contribution in [0, 0.1) is 0 Å². The van der Waals surface area contributed by atoms with E-state index in [4.69, 9.17) is 19.7 Å². The Balaban J connectivity index is 3.08. The van der Waals surface area contributed by atoms with Crippen molar-refractivity contribution in [3.05, 3.63) is 36.3 Å². The second kappa shape index (κ2) is 5.99. The largest absolute Gasteiger partial charge is 0.478 e. The molecule has 0 saturated carbocycles. The van der Waals surface area contributed by atoms with Gasteiger partial charge in [0.15, 0.2) is 17.3 Å². The van der Waals surface area contributed by atoms with Crippen LogP contribution in [0.15, 0.2) is 35.6 Å². The number of carboxylic acid groups (broad SMARTS) is 1. The molecule has 1 aromatic carbocycles. The van der Waals surface area contributed by atoms with Crippen molar-refractivity contribution < 1.29 is 33.5 Å². The molecule has 3 N–H and O–H groups in total. The smallest absolute Gasteiger partial charge is 0.339 e.